The number of nitrogens with zero attached hydrogens (tertiary/aromatic N) is 1. The molecule has 4 heteroatoms. The summed E-state index contributed by atoms with van der Waals surface area (Å²) in [5.74, 6) is 3.75. The van der Waals surface area contributed by atoms with Crippen molar-refractivity contribution in [1.29, 1.82) is 0 Å². The molecule has 0 bridgehead atoms. The van der Waals surface area contributed by atoms with E-state index >= 15 is 0 Å². The van der Waals surface area contributed by atoms with E-state index in [0.29, 0.717) is 6.04 Å². The predicted octanol–water partition coefficient (Wildman–Crippen LogP) is 2.28. The largest absolute Gasteiger partial charge is 0.329 e. The first-order valence-electron chi connectivity index (χ1n) is 6.20. The molecule has 0 amide bonds. The van der Waals surface area contributed by atoms with E-state index in [1.54, 1.807) is 0 Å². The third kappa shape index (κ3) is 3.31. The molecule has 2 atom stereocenters. The average Bonchev–Trinajstić information content (AvgIpc) is 2.36. The highest BCUT2D eigenvalue weighted by molar-refractivity contribution is 7.99. The lowest BCUT2D eigenvalue weighted by atomic mass is 9.92. The molecule has 1 aliphatic rings. The van der Waals surface area contributed by atoms with Crippen molar-refractivity contribution in [2.45, 2.75) is 37.8 Å². The normalized spacial score (nSPS) is 28.3. The van der Waals surface area contributed by atoms with Crippen LogP contribution in [-0.2, 0) is 0 Å². The first-order valence-corrected chi connectivity index (χ1v) is 8.74. The van der Waals surface area contributed by atoms with Crippen molar-refractivity contribution in [2.75, 3.05) is 37.1 Å². The van der Waals surface area contributed by atoms with Gasteiger partial charge in [-0.2, -0.15) is 23.5 Å². The summed E-state index contributed by atoms with van der Waals surface area (Å²) in [4.78, 5) is 2.58. The van der Waals surface area contributed by atoms with Crippen LogP contribution in [0.25, 0.3) is 0 Å². The van der Waals surface area contributed by atoms with Gasteiger partial charge in [-0.05, 0) is 38.3 Å². The summed E-state index contributed by atoms with van der Waals surface area (Å²) >= 11 is 4.02. The molecular formula is C12H26N2S2. The van der Waals surface area contributed by atoms with Gasteiger partial charge in [0.25, 0.3) is 0 Å². The smallest absolute Gasteiger partial charge is 0.0422 e. The fourth-order valence-electron chi connectivity index (χ4n) is 2.50. The van der Waals surface area contributed by atoms with E-state index in [2.05, 4.69) is 36.9 Å². The standard InChI is InChI=1S/C12H26N2S2/c1-4-11(8-15-3)14(2)12(9-13)6-5-7-16-10-12/h11H,4-10,13H2,1-3H3. The number of thioether (sulfide) groups is 2. The van der Waals surface area contributed by atoms with Crippen LogP contribution in [0.4, 0.5) is 0 Å². The van der Waals surface area contributed by atoms with Crippen molar-refractivity contribution in [3.63, 3.8) is 0 Å². The van der Waals surface area contributed by atoms with Gasteiger partial charge in [0.1, 0.15) is 0 Å². The zero-order valence-corrected chi connectivity index (χ0v) is 12.5. The topological polar surface area (TPSA) is 29.3 Å². The molecule has 2 unspecified atom stereocenters. The minimum Gasteiger partial charge on any atom is -0.329 e. The van der Waals surface area contributed by atoms with E-state index in [4.69, 9.17) is 5.73 Å². The molecule has 16 heavy (non-hydrogen) atoms. The fourth-order valence-corrected chi connectivity index (χ4v) is 4.69. The summed E-state index contributed by atoms with van der Waals surface area (Å²) in [5.41, 5.74) is 6.33. The molecule has 0 radical (unpaired) electrons. The van der Waals surface area contributed by atoms with Gasteiger partial charge >= 0.3 is 0 Å². The maximum atomic E-state index is 6.07. The highest BCUT2D eigenvalue weighted by atomic mass is 32.2. The molecule has 1 saturated heterocycles. The van der Waals surface area contributed by atoms with Gasteiger partial charge in [0.2, 0.25) is 0 Å². The second-order valence-electron chi connectivity index (χ2n) is 4.71. The summed E-state index contributed by atoms with van der Waals surface area (Å²) in [6.07, 6.45) is 6.02. The van der Waals surface area contributed by atoms with E-state index in [1.807, 2.05) is 11.8 Å². The summed E-state index contributed by atoms with van der Waals surface area (Å²) in [6.45, 7) is 3.10. The summed E-state index contributed by atoms with van der Waals surface area (Å²) in [6, 6.07) is 0.678. The molecule has 2 nitrogen and oxygen atoms in total. The van der Waals surface area contributed by atoms with Crippen LogP contribution >= 0.6 is 23.5 Å². The Morgan fingerprint density at radius 2 is 2.31 bits per heavy atom. The highest BCUT2D eigenvalue weighted by Gasteiger charge is 2.37. The van der Waals surface area contributed by atoms with E-state index in [0.717, 1.165) is 6.54 Å². The van der Waals surface area contributed by atoms with Crippen LogP contribution in [0.2, 0.25) is 0 Å². The zero-order chi connectivity index (χ0) is 12.0. The van der Waals surface area contributed by atoms with Gasteiger partial charge in [-0.15, -0.1) is 0 Å². The second kappa shape index (κ2) is 7.14. The molecule has 0 aromatic heterocycles. The molecule has 0 aromatic rings. The van der Waals surface area contributed by atoms with Gasteiger partial charge in [-0.1, -0.05) is 6.92 Å². The Morgan fingerprint density at radius 1 is 1.56 bits per heavy atom. The van der Waals surface area contributed by atoms with Crippen LogP contribution in [-0.4, -0.2) is 53.6 Å². The Bertz CT molecular complexity index is 193. The molecule has 1 aliphatic heterocycles. The molecule has 1 heterocycles. The Labute approximate surface area is 109 Å². The van der Waals surface area contributed by atoms with Crippen LogP contribution in [0.3, 0.4) is 0 Å². The minimum atomic E-state index is 0.263. The maximum Gasteiger partial charge on any atom is 0.0422 e. The van der Waals surface area contributed by atoms with Crippen molar-refractivity contribution in [3.05, 3.63) is 0 Å². The van der Waals surface area contributed by atoms with Crippen LogP contribution in [0.1, 0.15) is 26.2 Å². The summed E-state index contributed by atoms with van der Waals surface area (Å²) < 4.78 is 0. The molecule has 96 valence electrons. The second-order valence-corrected chi connectivity index (χ2v) is 6.73. The van der Waals surface area contributed by atoms with Gasteiger partial charge in [-0.25, -0.2) is 0 Å². The number of hydrogen-bond donors (Lipinski definition) is 1. The molecule has 0 aromatic carbocycles. The lowest BCUT2D eigenvalue weighted by Crippen LogP contribution is -2.59. The highest BCUT2D eigenvalue weighted by Crippen LogP contribution is 2.32. The van der Waals surface area contributed by atoms with Gasteiger partial charge in [0, 0.05) is 29.6 Å². The molecule has 1 fully saturated rings. The predicted molar refractivity (Wildman–Crippen MR) is 78.6 cm³/mol. The lowest BCUT2D eigenvalue weighted by Gasteiger charge is -2.47. The monoisotopic (exact) mass is 262 g/mol. The molecule has 0 aliphatic carbocycles. The van der Waals surface area contributed by atoms with Crippen molar-refractivity contribution >= 4 is 23.5 Å². The van der Waals surface area contributed by atoms with Gasteiger partial charge < -0.3 is 5.73 Å². The third-order valence-electron chi connectivity index (χ3n) is 3.81. The van der Waals surface area contributed by atoms with Crippen molar-refractivity contribution in [1.82, 2.24) is 4.90 Å². The average molecular weight is 262 g/mol. The molecule has 2 N–H and O–H groups in total. The van der Waals surface area contributed by atoms with Crippen LogP contribution < -0.4 is 5.73 Å². The van der Waals surface area contributed by atoms with Gasteiger partial charge in [-0.3, -0.25) is 4.90 Å². The van der Waals surface area contributed by atoms with Crippen LogP contribution in [0.15, 0.2) is 0 Å². The zero-order valence-electron chi connectivity index (χ0n) is 10.9. The number of likely N-dealkylation sites (N-methyl/N-ethyl adjacent to an activating group) is 1. The third-order valence-corrected chi connectivity index (χ3v) is 5.84. The summed E-state index contributed by atoms with van der Waals surface area (Å²) in [7, 11) is 2.28. The van der Waals surface area contributed by atoms with Gasteiger partial charge in [0.05, 0.1) is 0 Å². The number of nitrogens with two attached hydrogens (primary N) is 1. The first kappa shape index (κ1) is 14.7. The number of rotatable bonds is 6. The minimum absolute atomic E-state index is 0.263. The van der Waals surface area contributed by atoms with Crippen LogP contribution in [0, 0.1) is 0 Å². The lowest BCUT2D eigenvalue weighted by molar-refractivity contribution is 0.0932. The van der Waals surface area contributed by atoms with E-state index in [9.17, 15) is 0 Å². The Kier molecular flexibility index (Phi) is 6.55. The first-order chi connectivity index (χ1) is 7.70. The molecular weight excluding hydrogens is 236 g/mol. The van der Waals surface area contributed by atoms with Crippen molar-refractivity contribution in [2.24, 2.45) is 5.73 Å². The molecule has 1 rings (SSSR count). The fraction of sp³-hybridized carbons (Fsp3) is 1.00. The number of hydrogen-bond acceptors (Lipinski definition) is 4. The Balaban J connectivity index is 2.68. The van der Waals surface area contributed by atoms with E-state index < -0.39 is 0 Å². The van der Waals surface area contributed by atoms with Crippen LogP contribution in [0.5, 0.6) is 0 Å². The van der Waals surface area contributed by atoms with E-state index in [-0.39, 0.29) is 5.54 Å². The Morgan fingerprint density at radius 3 is 2.75 bits per heavy atom. The summed E-state index contributed by atoms with van der Waals surface area (Å²) in [5, 5.41) is 0. The van der Waals surface area contributed by atoms with Crippen molar-refractivity contribution < 1.29 is 0 Å². The molecule has 0 saturated carbocycles. The quantitative estimate of drug-likeness (QED) is 0.795. The SMILES string of the molecule is CCC(CSC)N(C)C1(CN)CCCSC1. The van der Waals surface area contributed by atoms with E-state index in [1.165, 1.54) is 36.5 Å². The van der Waals surface area contributed by atoms with Crippen molar-refractivity contribution in [3.8, 4) is 0 Å². The maximum absolute atomic E-state index is 6.07. The molecule has 0 spiro atoms. The van der Waals surface area contributed by atoms with Gasteiger partial charge in [0.15, 0.2) is 0 Å². The Hall–Kier alpha value is 0.620.